The molecule has 2 nitrogen and oxygen atoms in total. The molecule has 2 aromatic rings. The van der Waals surface area contributed by atoms with Gasteiger partial charge in [0.1, 0.15) is 0 Å². The van der Waals surface area contributed by atoms with Crippen LogP contribution in [0.25, 0.3) is 0 Å². The summed E-state index contributed by atoms with van der Waals surface area (Å²) < 4.78 is 0. The van der Waals surface area contributed by atoms with Crippen molar-refractivity contribution in [1.29, 1.82) is 0 Å². The Labute approximate surface area is 138 Å². The highest BCUT2D eigenvalue weighted by Gasteiger charge is 2.11. The van der Waals surface area contributed by atoms with Crippen LogP contribution in [0.1, 0.15) is 16.8 Å². The lowest BCUT2D eigenvalue weighted by Crippen LogP contribution is -2.25. The zero-order valence-electron chi connectivity index (χ0n) is 11.3. The fraction of sp³-hybridized carbons (Fsp3) is 0.188. The van der Waals surface area contributed by atoms with Crippen molar-refractivity contribution < 1.29 is 4.79 Å². The number of carbonyl (C=O) groups excluding carboxylic acids is 1. The maximum atomic E-state index is 12.0. The van der Waals surface area contributed by atoms with E-state index in [9.17, 15) is 4.79 Å². The first-order valence-corrected chi connectivity index (χ1v) is 8.32. The minimum Gasteiger partial charge on any atom is -0.352 e. The molecule has 0 spiro atoms. The Hall–Kier alpha value is -1.16. The molecule has 0 bridgehead atoms. The summed E-state index contributed by atoms with van der Waals surface area (Å²) in [5.74, 6) is 0.764. The predicted octanol–water partition coefficient (Wildman–Crippen LogP) is 4.91. The fourth-order valence-electron chi connectivity index (χ4n) is 1.76. The predicted molar refractivity (Wildman–Crippen MR) is 90.6 cm³/mol. The van der Waals surface area contributed by atoms with E-state index < -0.39 is 0 Å². The van der Waals surface area contributed by atoms with Crippen LogP contribution in [0.4, 0.5) is 0 Å². The van der Waals surface area contributed by atoms with Crippen LogP contribution in [0, 0.1) is 0 Å². The van der Waals surface area contributed by atoms with E-state index in [1.807, 2.05) is 18.2 Å². The van der Waals surface area contributed by atoms with E-state index in [4.69, 9.17) is 23.2 Å². The monoisotopic (exact) mass is 339 g/mol. The van der Waals surface area contributed by atoms with Gasteiger partial charge >= 0.3 is 0 Å². The molecular formula is C16H15Cl2NOS. The van der Waals surface area contributed by atoms with Crippen LogP contribution in [0.2, 0.25) is 10.0 Å². The van der Waals surface area contributed by atoms with Gasteiger partial charge in [0.25, 0.3) is 5.91 Å². The SMILES string of the molecule is O=C(NCCCSc1ccccc1)c1cccc(Cl)c1Cl. The molecule has 0 atom stereocenters. The summed E-state index contributed by atoms with van der Waals surface area (Å²) in [6, 6.07) is 15.2. The van der Waals surface area contributed by atoms with Crippen LogP contribution < -0.4 is 5.32 Å². The number of rotatable bonds is 6. The molecule has 0 fully saturated rings. The van der Waals surface area contributed by atoms with Gasteiger partial charge in [0.15, 0.2) is 0 Å². The lowest BCUT2D eigenvalue weighted by atomic mass is 10.2. The summed E-state index contributed by atoms with van der Waals surface area (Å²) in [7, 11) is 0. The second kappa shape index (κ2) is 8.32. The number of amides is 1. The molecule has 0 aromatic heterocycles. The van der Waals surface area contributed by atoms with E-state index in [2.05, 4.69) is 17.4 Å². The summed E-state index contributed by atoms with van der Waals surface area (Å²) >= 11 is 13.7. The first-order chi connectivity index (χ1) is 10.2. The van der Waals surface area contributed by atoms with Crippen LogP contribution >= 0.6 is 35.0 Å². The molecule has 0 aliphatic heterocycles. The normalized spacial score (nSPS) is 10.4. The maximum Gasteiger partial charge on any atom is 0.252 e. The molecule has 0 radical (unpaired) electrons. The molecule has 0 saturated carbocycles. The highest BCUT2D eigenvalue weighted by atomic mass is 35.5. The molecule has 2 aromatic carbocycles. The number of benzene rings is 2. The lowest BCUT2D eigenvalue weighted by molar-refractivity contribution is 0.0954. The zero-order chi connectivity index (χ0) is 15.1. The Morgan fingerprint density at radius 1 is 1.05 bits per heavy atom. The minimum atomic E-state index is -0.188. The van der Waals surface area contributed by atoms with Crippen molar-refractivity contribution in [3.63, 3.8) is 0 Å². The number of hydrogen-bond acceptors (Lipinski definition) is 2. The molecule has 1 N–H and O–H groups in total. The van der Waals surface area contributed by atoms with Crippen molar-refractivity contribution in [3.05, 3.63) is 64.1 Å². The second-order valence-electron chi connectivity index (χ2n) is 4.37. The Bertz CT molecular complexity index is 604. The molecule has 2 rings (SSSR count). The third-order valence-corrected chi connectivity index (χ3v) is 4.73. The van der Waals surface area contributed by atoms with Gasteiger partial charge in [-0.15, -0.1) is 11.8 Å². The Morgan fingerprint density at radius 2 is 1.81 bits per heavy atom. The number of halogens is 2. The van der Waals surface area contributed by atoms with E-state index in [1.54, 1.807) is 30.0 Å². The Morgan fingerprint density at radius 3 is 2.57 bits per heavy atom. The van der Waals surface area contributed by atoms with E-state index in [0.29, 0.717) is 22.2 Å². The molecule has 0 aliphatic carbocycles. The summed E-state index contributed by atoms with van der Waals surface area (Å²) in [4.78, 5) is 13.2. The molecule has 5 heteroatoms. The number of carbonyl (C=O) groups is 1. The smallest absolute Gasteiger partial charge is 0.252 e. The standard InChI is InChI=1S/C16H15Cl2NOS/c17-14-9-4-8-13(15(14)18)16(20)19-10-5-11-21-12-6-2-1-3-7-12/h1-4,6-9H,5,10-11H2,(H,19,20). The van der Waals surface area contributed by atoms with E-state index in [1.165, 1.54) is 4.90 Å². The van der Waals surface area contributed by atoms with Gasteiger partial charge in [0.2, 0.25) is 0 Å². The van der Waals surface area contributed by atoms with Crippen molar-refractivity contribution in [3.8, 4) is 0 Å². The fourth-order valence-corrected chi connectivity index (χ4v) is 3.02. The maximum absolute atomic E-state index is 12.0. The summed E-state index contributed by atoms with van der Waals surface area (Å²) in [5, 5.41) is 3.55. The van der Waals surface area contributed by atoms with Crippen LogP contribution in [-0.4, -0.2) is 18.2 Å². The number of thioether (sulfide) groups is 1. The van der Waals surface area contributed by atoms with Crippen molar-refractivity contribution in [2.24, 2.45) is 0 Å². The largest absolute Gasteiger partial charge is 0.352 e. The summed E-state index contributed by atoms with van der Waals surface area (Å²) in [6.45, 7) is 0.613. The summed E-state index contributed by atoms with van der Waals surface area (Å²) in [6.07, 6.45) is 0.892. The van der Waals surface area contributed by atoms with Gasteiger partial charge in [0.05, 0.1) is 15.6 Å². The van der Waals surface area contributed by atoms with Gasteiger partial charge < -0.3 is 5.32 Å². The second-order valence-corrected chi connectivity index (χ2v) is 6.33. The molecule has 0 saturated heterocycles. The topological polar surface area (TPSA) is 29.1 Å². The molecule has 0 unspecified atom stereocenters. The van der Waals surface area contributed by atoms with Gasteiger partial charge in [-0.25, -0.2) is 0 Å². The average Bonchev–Trinajstić information content (AvgIpc) is 2.50. The quantitative estimate of drug-likeness (QED) is 0.598. The molecule has 110 valence electrons. The highest BCUT2D eigenvalue weighted by Crippen LogP contribution is 2.25. The Balaban J connectivity index is 1.73. The van der Waals surface area contributed by atoms with Crippen LogP contribution in [0.3, 0.4) is 0 Å². The molecule has 1 amide bonds. The van der Waals surface area contributed by atoms with Gasteiger partial charge in [-0.05, 0) is 36.4 Å². The van der Waals surface area contributed by atoms with Gasteiger partial charge in [-0.2, -0.15) is 0 Å². The third-order valence-electron chi connectivity index (χ3n) is 2.81. The van der Waals surface area contributed by atoms with Crippen molar-refractivity contribution in [2.75, 3.05) is 12.3 Å². The van der Waals surface area contributed by atoms with E-state index in [0.717, 1.165) is 12.2 Å². The zero-order valence-corrected chi connectivity index (χ0v) is 13.6. The van der Waals surface area contributed by atoms with Crippen LogP contribution in [0.15, 0.2) is 53.4 Å². The first-order valence-electron chi connectivity index (χ1n) is 6.58. The lowest BCUT2D eigenvalue weighted by Gasteiger charge is -2.07. The summed E-state index contributed by atoms with van der Waals surface area (Å²) in [5.41, 5.74) is 0.417. The third kappa shape index (κ3) is 4.95. The number of hydrogen-bond donors (Lipinski definition) is 1. The van der Waals surface area contributed by atoms with Crippen LogP contribution in [0.5, 0.6) is 0 Å². The van der Waals surface area contributed by atoms with Crippen LogP contribution in [-0.2, 0) is 0 Å². The van der Waals surface area contributed by atoms with Gasteiger partial charge in [0, 0.05) is 11.4 Å². The Kier molecular flexibility index (Phi) is 6.43. The molecule has 0 aliphatic rings. The van der Waals surface area contributed by atoms with Crippen molar-refractivity contribution >= 4 is 40.9 Å². The molecular weight excluding hydrogens is 325 g/mol. The highest BCUT2D eigenvalue weighted by molar-refractivity contribution is 7.99. The van der Waals surface area contributed by atoms with E-state index >= 15 is 0 Å². The molecule has 0 heterocycles. The van der Waals surface area contributed by atoms with Crippen molar-refractivity contribution in [2.45, 2.75) is 11.3 Å². The average molecular weight is 340 g/mol. The van der Waals surface area contributed by atoms with Gasteiger partial charge in [-0.1, -0.05) is 47.5 Å². The van der Waals surface area contributed by atoms with Crippen molar-refractivity contribution in [1.82, 2.24) is 5.32 Å². The first kappa shape index (κ1) is 16.2. The van der Waals surface area contributed by atoms with E-state index in [-0.39, 0.29) is 5.91 Å². The van der Waals surface area contributed by atoms with Gasteiger partial charge in [-0.3, -0.25) is 4.79 Å². The number of nitrogens with one attached hydrogen (secondary N) is 1. The minimum absolute atomic E-state index is 0.188. The molecule has 21 heavy (non-hydrogen) atoms.